The number of carbonyl (C=O) groups is 1. The van der Waals surface area contributed by atoms with Gasteiger partial charge in [0.2, 0.25) is 5.91 Å². The third-order valence-corrected chi connectivity index (χ3v) is 4.94. The zero-order valence-electron chi connectivity index (χ0n) is 14.8. The molecule has 0 radical (unpaired) electrons. The molecule has 0 saturated heterocycles. The van der Waals surface area contributed by atoms with E-state index in [4.69, 9.17) is 0 Å². The summed E-state index contributed by atoms with van der Waals surface area (Å²) in [6.45, 7) is 20.3. The van der Waals surface area contributed by atoms with Crippen LogP contribution in [0.3, 0.4) is 0 Å². The van der Waals surface area contributed by atoms with Gasteiger partial charge in [0, 0.05) is 5.54 Å². The van der Waals surface area contributed by atoms with Gasteiger partial charge in [-0.25, -0.2) is 8.42 Å². The van der Waals surface area contributed by atoms with Crippen molar-refractivity contribution >= 4 is 16.0 Å². The highest BCUT2D eigenvalue weighted by Crippen LogP contribution is 2.05. The van der Waals surface area contributed by atoms with Crippen molar-refractivity contribution in [2.75, 3.05) is 31.9 Å². The first-order valence-electron chi connectivity index (χ1n) is 7.64. The lowest BCUT2D eigenvalue weighted by Crippen LogP contribution is -2.47. The Balaban J connectivity index is 0. The van der Waals surface area contributed by atoms with Crippen LogP contribution in [0.25, 0.3) is 0 Å². The Morgan fingerprint density at radius 1 is 1.14 bits per heavy atom. The summed E-state index contributed by atoms with van der Waals surface area (Å²) in [6.07, 6.45) is 1.01. The molecule has 1 N–H and O–H groups in total. The highest BCUT2D eigenvalue weighted by molar-refractivity contribution is 7.85. The second-order valence-electron chi connectivity index (χ2n) is 5.89. The van der Waals surface area contributed by atoms with Gasteiger partial charge < -0.3 is 14.4 Å². The van der Waals surface area contributed by atoms with Crippen molar-refractivity contribution in [3.05, 3.63) is 12.7 Å². The normalized spacial score (nSPS) is 12.1. The first-order valence-corrected chi connectivity index (χ1v) is 9.21. The lowest BCUT2D eigenvalue weighted by molar-refractivity contribution is -0.921. The molecule has 0 saturated carbocycles. The molecule has 0 aromatic carbocycles. The van der Waals surface area contributed by atoms with E-state index in [9.17, 15) is 17.8 Å². The first-order chi connectivity index (χ1) is 9.90. The van der Waals surface area contributed by atoms with E-state index in [1.807, 2.05) is 0 Å². The number of quaternary nitrogens is 1. The second-order valence-corrected chi connectivity index (χ2v) is 7.29. The summed E-state index contributed by atoms with van der Waals surface area (Å²) in [5.74, 6) is -1.15. The van der Waals surface area contributed by atoms with E-state index in [0.29, 0.717) is 0 Å². The Bertz CT molecular complexity index is 423. The minimum absolute atomic E-state index is 0.506. The smallest absolute Gasteiger partial charge is 0.243 e. The van der Waals surface area contributed by atoms with Gasteiger partial charge in [0.15, 0.2) is 0 Å². The fraction of sp³-hybridized carbons (Fsp3) is 0.800. The molecule has 0 aromatic rings. The van der Waals surface area contributed by atoms with Crippen LogP contribution in [0.5, 0.6) is 0 Å². The van der Waals surface area contributed by atoms with Crippen molar-refractivity contribution in [1.82, 2.24) is 5.32 Å². The fourth-order valence-corrected chi connectivity index (χ4v) is 3.16. The third-order valence-electron chi connectivity index (χ3n) is 3.87. The molecular weight excluding hydrogens is 304 g/mol. The molecule has 0 aromatic heterocycles. The SMILES string of the molecule is C=CC(=O)NC(C)(C)CS(=O)(=O)[O-].CC[N+](CC)(CC)CC. The molecule has 0 aliphatic rings. The van der Waals surface area contributed by atoms with Crippen molar-refractivity contribution < 1.29 is 22.2 Å². The number of hydrogen-bond acceptors (Lipinski definition) is 4. The largest absolute Gasteiger partial charge is 0.748 e. The van der Waals surface area contributed by atoms with Crippen LogP contribution >= 0.6 is 0 Å². The van der Waals surface area contributed by atoms with Crippen LogP contribution in [0.1, 0.15) is 41.5 Å². The highest BCUT2D eigenvalue weighted by atomic mass is 32.2. The van der Waals surface area contributed by atoms with Crippen LogP contribution in [0.15, 0.2) is 12.7 Å². The number of rotatable bonds is 8. The molecule has 0 fully saturated rings. The lowest BCUT2D eigenvalue weighted by Gasteiger charge is -2.34. The predicted molar refractivity (Wildman–Crippen MR) is 89.4 cm³/mol. The van der Waals surface area contributed by atoms with Crippen LogP contribution in [-0.4, -0.2) is 60.8 Å². The zero-order valence-corrected chi connectivity index (χ0v) is 15.6. The molecule has 132 valence electrons. The average Bonchev–Trinajstić information content (AvgIpc) is 2.39. The van der Waals surface area contributed by atoms with Gasteiger partial charge >= 0.3 is 0 Å². The molecule has 0 spiro atoms. The van der Waals surface area contributed by atoms with Gasteiger partial charge in [-0.15, -0.1) is 0 Å². The molecule has 7 heteroatoms. The lowest BCUT2D eigenvalue weighted by atomic mass is 10.1. The third kappa shape index (κ3) is 10.8. The van der Waals surface area contributed by atoms with Gasteiger partial charge in [0.25, 0.3) is 0 Å². The molecule has 0 rings (SSSR count). The van der Waals surface area contributed by atoms with Crippen molar-refractivity contribution in [2.24, 2.45) is 0 Å². The van der Waals surface area contributed by atoms with E-state index in [0.717, 1.165) is 6.08 Å². The molecule has 6 nitrogen and oxygen atoms in total. The van der Waals surface area contributed by atoms with Gasteiger partial charge in [-0.05, 0) is 47.6 Å². The summed E-state index contributed by atoms with van der Waals surface area (Å²) in [7, 11) is -4.33. The van der Waals surface area contributed by atoms with Crippen molar-refractivity contribution in [1.29, 1.82) is 0 Å². The van der Waals surface area contributed by atoms with E-state index in [1.165, 1.54) is 44.5 Å². The summed E-state index contributed by atoms with van der Waals surface area (Å²) in [5.41, 5.74) is -1.06. The topological polar surface area (TPSA) is 86.3 Å². The Morgan fingerprint density at radius 2 is 1.50 bits per heavy atom. The summed E-state index contributed by atoms with van der Waals surface area (Å²) >= 11 is 0. The van der Waals surface area contributed by atoms with Crippen LogP contribution < -0.4 is 5.32 Å². The van der Waals surface area contributed by atoms with E-state index in [1.54, 1.807) is 0 Å². The van der Waals surface area contributed by atoms with Crippen molar-refractivity contribution in [3.63, 3.8) is 0 Å². The summed E-state index contributed by atoms with van der Waals surface area (Å²) in [6, 6.07) is 0. The fourth-order valence-electron chi connectivity index (χ4n) is 2.20. The maximum Gasteiger partial charge on any atom is 0.243 e. The Labute approximate surface area is 135 Å². The number of carbonyl (C=O) groups excluding carboxylic acids is 1. The summed E-state index contributed by atoms with van der Waals surface area (Å²) < 4.78 is 32.4. The number of amides is 1. The van der Waals surface area contributed by atoms with Gasteiger partial charge in [0.05, 0.1) is 42.1 Å². The van der Waals surface area contributed by atoms with Gasteiger partial charge in [-0.1, -0.05) is 6.58 Å². The maximum atomic E-state index is 10.8. The minimum Gasteiger partial charge on any atom is -0.748 e. The molecule has 0 unspecified atom stereocenters. The molecule has 0 aliphatic carbocycles. The average molecular weight is 336 g/mol. The molecule has 0 atom stereocenters. The van der Waals surface area contributed by atoms with Crippen LogP contribution in [-0.2, 0) is 14.9 Å². The first kappa shape index (κ1) is 23.3. The minimum atomic E-state index is -4.33. The number of nitrogens with one attached hydrogen (secondary N) is 1. The predicted octanol–water partition coefficient (Wildman–Crippen LogP) is 1.50. The highest BCUT2D eigenvalue weighted by Gasteiger charge is 2.22. The number of hydrogen-bond donors (Lipinski definition) is 1. The second kappa shape index (κ2) is 9.97. The quantitative estimate of drug-likeness (QED) is 0.413. The van der Waals surface area contributed by atoms with Crippen molar-refractivity contribution in [2.45, 2.75) is 47.1 Å². The van der Waals surface area contributed by atoms with E-state index < -0.39 is 27.3 Å². The van der Waals surface area contributed by atoms with Crippen LogP contribution in [0.2, 0.25) is 0 Å². The van der Waals surface area contributed by atoms with E-state index in [2.05, 4.69) is 39.6 Å². The van der Waals surface area contributed by atoms with Gasteiger partial charge in [0.1, 0.15) is 0 Å². The van der Waals surface area contributed by atoms with Crippen molar-refractivity contribution in [3.8, 4) is 0 Å². The summed E-state index contributed by atoms with van der Waals surface area (Å²) in [4.78, 5) is 10.8. The molecule has 22 heavy (non-hydrogen) atoms. The van der Waals surface area contributed by atoms with E-state index in [-0.39, 0.29) is 0 Å². The Kier molecular flexibility index (Phi) is 10.6. The molecule has 0 aliphatic heterocycles. The maximum absolute atomic E-state index is 10.8. The van der Waals surface area contributed by atoms with Crippen LogP contribution in [0.4, 0.5) is 0 Å². The number of nitrogens with zero attached hydrogens (tertiary/aromatic N) is 1. The van der Waals surface area contributed by atoms with Gasteiger partial charge in [-0.3, -0.25) is 4.79 Å². The Morgan fingerprint density at radius 3 is 1.68 bits per heavy atom. The zero-order chi connectivity index (χ0) is 18.0. The van der Waals surface area contributed by atoms with Gasteiger partial charge in [-0.2, -0.15) is 0 Å². The monoisotopic (exact) mass is 336 g/mol. The molecular formula is C15H32N2O4S. The standard InChI is InChI=1S/C8H20N.C7H13NO4S/c1-5-9(6-2,7-3)8-4;1-4-6(9)8-7(2,3)5-13(10,11)12/h5-8H2,1-4H3;4H,1,5H2,2-3H3,(H,8,9)(H,10,11,12)/q+1;/p-1. The summed E-state index contributed by atoms with van der Waals surface area (Å²) in [5, 5.41) is 2.33. The molecule has 0 heterocycles. The Hall–Kier alpha value is -0.920. The molecule has 0 bridgehead atoms. The van der Waals surface area contributed by atoms with Crippen LogP contribution in [0, 0.1) is 0 Å². The van der Waals surface area contributed by atoms with E-state index >= 15 is 0 Å². The molecule has 1 amide bonds.